The fraction of sp³-hybridized carbons (Fsp3) is 0.636. The summed E-state index contributed by atoms with van der Waals surface area (Å²) >= 11 is 5.96. The molecule has 0 aliphatic carbocycles. The SMILES string of the molecule is O=C(O)N1[C@@H]2CC[C@H]1CN(c1nc(OCC34CCCN3CCC4)nc3c(F)c(Cl)ncc13)C2. The molecule has 11 heteroatoms. The van der Waals surface area contributed by atoms with Gasteiger partial charge in [-0.3, -0.25) is 9.80 Å². The topological polar surface area (TPSA) is 94.9 Å². The normalized spacial score (nSPS) is 26.2. The first-order chi connectivity index (χ1) is 15.9. The Labute approximate surface area is 195 Å². The lowest BCUT2D eigenvalue weighted by Gasteiger charge is -2.40. The van der Waals surface area contributed by atoms with Gasteiger partial charge in [0.2, 0.25) is 0 Å². The lowest BCUT2D eigenvalue weighted by Crippen LogP contribution is -2.55. The van der Waals surface area contributed by atoms with Crippen molar-refractivity contribution in [1.29, 1.82) is 0 Å². The van der Waals surface area contributed by atoms with Gasteiger partial charge in [-0.05, 0) is 51.6 Å². The monoisotopic (exact) mass is 476 g/mol. The third-order valence-corrected chi connectivity index (χ3v) is 8.15. The molecule has 9 nitrogen and oxygen atoms in total. The van der Waals surface area contributed by atoms with Gasteiger partial charge in [0.1, 0.15) is 17.9 Å². The summed E-state index contributed by atoms with van der Waals surface area (Å²) in [6, 6.07) is -0.116. The van der Waals surface area contributed by atoms with E-state index in [-0.39, 0.29) is 34.3 Å². The number of fused-ring (bicyclic) bond motifs is 4. The fourth-order valence-corrected chi connectivity index (χ4v) is 6.49. The van der Waals surface area contributed by atoms with E-state index in [2.05, 4.69) is 14.9 Å². The third kappa shape index (κ3) is 3.37. The van der Waals surface area contributed by atoms with Crippen molar-refractivity contribution in [2.24, 2.45) is 0 Å². The van der Waals surface area contributed by atoms with Crippen LogP contribution in [0.3, 0.4) is 0 Å². The number of nitrogens with zero attached hydrogens (tertiary/aromatic N) is 6. The molecule has 4 fully saturated rings. The molecule has 0 saturated carbocycles. The van der Waals surface area contributed by atoms with Crippen LogP contribution in [-0.2, 0) is 0 Å². The molecule has 4 saturated heterocycles. The summed E-state index contributed by atoms with van der Waals surface area (Å²) in [5.41, 5.74) is 0.0919. The summed E-state index contributed by atoms with van der Waals surface area (Å²) < 4.78 is 21.1. The van der Waals surface area contributed by atoms with Crippen molar-refractivity contribution in [3.63, 3.8) is 0 Å². The average molecular weight is 477 g/mol. The molecule has 176 valence electrons. The van der Waals surface area contributed by atoms with E-state index in [0.717, 1.165) is 51.6 Å². The van der Waals surface area contributed by atoms with Crippen LogP contribution < -0.4 is 9.64 Å². The molecule has 6 rings (SSSR count). The molecule has 4 aliphatic rings. The quantitative estimate of drug-likeness (QED) is 0.672. The number of aromatic nitrogens is 3. The second-order valence-electron chi connectivity index (χ2n) is 9.64. The van der Waals surface area contributed by atoms with Crippen LogP contribution >= 0.6 is 11.6 Å². The number of rotatable bonds is 4. The van der Waals surface area contributed by atoms with Crippen LogP contribution in [0.5, 0.6) is 6.01 Å². The number of carbonyl (C=O) groups is 1. The molecule has 0 unspecified atom stereocenters. The van der Waals surface area contributed by atoms with Crippen molar-refractivity contribution in [1.82, 2.24) is 24.8 Å². The van der Waals surface area contributed by atoms with Crippen molar-refractivity contribution in [2.75, 3.05) is 37.7 Å². The zero-order chi connectivity index (χ0) is 22.7. The Morgan fingerprint density at radius 3 is 2.58 bits per heavy atom. The van der Waals surface area contributed by atoms with E-state index in [9.17, 15) is 14.3 Å². The number of hydrogen-bond acceptors (Lipinski definition) is 7. The van der Waals surface area contributed by atoms with Gasteiger partial charge in [0.15, 0.2) is 11.0 Å². The number of piperazine rings is 1. The molecule has 2 atom stereocenters. The standard InChI is InChI=1S/C22H26ClFN6O3/c23-18-16(24)17-15(9-25-18)19(28-10-13-3-4-14(11-28)30(13)21(31)32)27-20(26-17)33-12-22-5-1-7-29(22)8-2-6-22/h9,13-14H,1-8,10-12H2,(H,31,32)/t13-,14+. The van der Waals surface area contributed by atoms with Crippen molar-refractivity contribution in [2.45, 2.75) is 56.1 Å². The highest BCUT2D eigenvalue weighted by Crippen LogP contribution is 2.40. The molecule has 0 spiro atoms. The minimum Gasteiger partial charge on any atom is -0.465 e. The summed E-state index contributed by atoms with van der Waals surface area (Å²) in [5, 5.41) is 9.80. The predicted octanol–water partition coefficient (Wildman–Crippen LogP) is 3.16. The molecule has 2 aromatic heterocycles. The molecule has 0 radical (unpaired) electrons. The minimum absolute atomic E-state index is 0.0130. The van der Waals surface area contributed by atoms with Crippen molar-refractivity contribution < 1.29 is 19.0 Å². The van der Waals surface area contributed by atoms with Gasteiger partial charge in [0.25, 0.3) is 0 Å². The molecule has 2 bridgehead atoms. The average Bonchev–Trinajstić information content (AvgIpc) is 3.45. The number of amides is 1. The van der Waals surface area contributed by atoms with E-state index < -0.39 is 11.9 Å². The van der Waals surface area contributed by atoms with Gasteiger partial charge < -0.3 is 14.7 Å². The van der Waals surface area contributed by atoms with Gasteiger partial charge in [-0.25, -0.2) is 14.2 Å². The maximum atomic E-state index is 15.0. The zero-order valence-electron chi connectivity index (χ0n) is 18.2. The third-order valence-electron chi connectivity index (χ3n) is 7.88. The van der Waals surface area contributed by atoms with E-state index in [4.69, 9.17) is 21.3 Å². The minimum atomic E-state index is -0.893. The van der Waals surface area contributed by atoms with Gasteiger partial charge in [0.05, 0.1) is 23.0 Å². The summed E-state index contributed by atoms with van der Waals surface area (Å²) in [5.74, 6) is -0.177. The number of carboxylic acid groups (broad SMARTS) is 1. The van der Waals surface area contributed by atoms with Gasteiger partial charge in [0, 0.05) is 19.3 Å². The van der Waals surface area contributed by atoms with Gasteiger partial charge in [-0.2, -0.15) is 9.97 Å². The van der Waals surface area contributed by atoms with Crippen molar-refractivity contribution in [3.8, 4) is 6.01 Å². The Kier molecular flexibility index (Phi) is 4.99. The van der Waals surface area contributed by atoms with Crippen molar-refractivity contribution in [3.05, 3.63) is 17.2 Å². The van der Waals surface area contributed by atoms with E-state index in [1.165, 1.54) is 6.20 Å². The van der Waals surface area contributed by atoms with Crippen LogP contribution in [0, 0.1) is 5.82 Å². The molecular formula is C22H26ClFN6O3. The Morgan fingerprint density at radius 1 is 1.21 bits per heavy atom. The Balaban J connectivity index is 1.35. The lowest BCUT2D eigenvalue weighted by atomic mass is 9.95. The number of ether oxygens (including phenoxy) is 1. The maximum absolute atomic E-state index is 15.0. The van der Waals surface area contributed by atoms with Gasteiger partial charge in [-0.15, -0.1) is 0 Å². The highest BCUT2D eigenvalue weighted by atomic mass is 35.5. The largest absolute Gasteiger partial charge is 0.465 e. The van der Waals surface area contributed by atoms with Crippen LogP contribution in [0.2, 0.25) is 5.15 Å². The highest BCUT2D eigenvalue weighted by molar-refractivity contribution is 6.30. The zero-order valence-corrected chi connectivity index (χ0v) is 19.0. The number of anilines is 1. The second kappa shape index (κ2) is 7.80. The van der Waals surface area contributed by atoms with Crippen LogP contribution in [-0.4, -0.2) is 86.4 Å². The Bertz CT molecular complexity index is 1100. The molecule has 2 aromatic rings. The Hall–Kier alpha value is -2.46. The van der Waals surface area contributed by atoms with E-state index in [1.807, 2.05) is 4.90 Å². The summed E-state index contributed by atoms with van der Waals surface area (Å²) in [4.78, 5) is 30.8. The highest BCUT2D eigenvalue weighted by Gasteiger charge is 2.46. The molecule has 4 aliphatic heterocycles. The first kappa shape index (κ1) is 21.1. The molecule has 1 N–H and O–H groups in total. The first-order valence-corrected chi connectivity index (χ1v) is 12.0. The fourth-order valence-electron chi connectivity index (χ4n) is 6.35. The first-order valence-electron chi connectivity index (χ1n) is 11.6. The number of pyridine rings is 1. The van der Waals surface area contributed by atoms with Gasteiger partial charge >= 0.3 is 12.1 Å². The number of halogens is 2. The van der Waals surface area contributed by atoms with E-state index in [0.29, 0.717) is 30.9 Å². The summed E-state index contributed by atoms with van der Waals surface area (Å²) in [6.45, 7) is 3.60. The molecule has 6 heterocycles. The van der Waals surface area contributed by atoms with Crippen LogP contribution in [0.1, 0.15) is 38.5 Å². The predicted molar refractivity (Wildman–Crippen MR) is 119 cm³/mol. The second-order valence-corrected chi connectivity index (χ2v) is 10.0. The van der Waals surface area contributed by atoms with Crippen LogP contribution in [0.25, 0.3) is 10.9 Å². The lowest BCUT2D eigenvalue weighted by molar-refractivity contribution is 0.107. The summed E-state index contributed by atoms with van der Waals surface area (Å²) in [7, 11) is 0. The Morgan fingerprint density at radius 2 is 1.91 bits per heavy atom. The van der Waals surface area contributed by atoms with E-state index in [1.54, 1.807) is 4.90 Å². The summed E-state index contributed by atoms with van der Waals surface area (Å²) in [6.07, 6.45) is 6.66. The smallest absolute Gasteiger partial charge is 0.407 e. The van der Waals surface area contributed by atoms with E-state index >= 15 is 0 Å². The molecule has 1 amide bonds. The number of hydrogen-bond donors (Lipinski definition) is 1. The maximum Gasteiger partial charge on any atom is 0.407 e. The van der Waals surface area contributed by atoms with Crippen molar-refractivity contribution >= 4 is 34.4 Å². The molecule has 33 heavy (non-hydrogen) atoms. The van der Waals surface area contributed by atoms with Crippen LogP contribution in [0.4, 0.5) is 15.0 Å². The molecule has 0 aromatic carbocycles. The van der Waals surface area contributed by atoms with Gasteiger partial charge in [-0.1, -0.05) is 11.6 Å². The molecular weight excluding hydrogens is 451 g/mol. The van der Waals surface area contributed by atoms with Crippen LogP contribution in [0.15, 0.2) is 6.20 Å².